The highest BCUT2D eigenvalue weighted by molar-refractivity contribution is 9.10. The molecule has 0 spiro atoms. The topological polar surface area (TPSA) is 38.3 Å². The third-order valence-corrected chi connectivity index (χ3v) is 4.36. The number of benzene rings is 2. The molecule has 2 aromatic carbocycles. The first-order valence-electron chi connectivity index (χ1n) is 7.51. The molecule has 1 aliphatic carbocycles. The van der Waals surface area contributed by atoms with Crippen LogP contribution in [0.3, 0.4) is 0 Å². The summed E-state index contributed by atoms with van der Waals surface area (Å²) < 4.78 is 6.68. The molecule has 0 aromatic heterocycles. The van der Waals surface area contributed by atoms with Crippen LogP contribution in [0.5, 0.6) is 5.75 Å². The lowest BCUT2D eigenvalue weighted by atomic mass is 10.1. The van der Waals surface area contributed by atoms with Crippen molar-refractivity contribution in [2.75, 3.05) is 13.2 Å². The van der Waals surface area contributed by atoms with Gasteiger partial charge in [-0.25, -0.2) is 0 Å². The Morgan fingerprint density at radius 2 is 1.86 bits per heavy atom. The van der Waals surface area contributed by atoms with E-state index in [0.717, 1.165) is 16.6 Å². The van der Waals surface area contributed by atoms with Gasteiger partial charge in [0.2, 0.25) is 0 Å². The molecule has 0 unspecified atom stereocenters. The summed E-state index contributed by atoms with van der Waals surface area (Å²) >= 11 is 3.35. The zero-order chi connectivity index (χ0) is 15.4. The lowest BCUT2D eigenvalue weighted by Crippen LogP contribution is -2.28. The average Bonchev–Trinajstić information content (AvgIpc) is 2.99. The van der Waals surface area contributed by atoms with Crippen molar-refractivity contribution < 1.29 is 9.53 Å². The molecule has 0 fully saturated rings. The standard InChI is InChI=1S/C18H18BrNO2/c19-16-7-4-14(5-8-16)18(21)20-10-11-22-17-9-6-13-2-1-3-15(13)12-17/h4-9,12H,1-3,10-11H2,(H,20,21). The molecule has 1 amide bonds. The van der Waals surface area contributed by atoms with Crippen molar-refractivity contribution in [3.05, 3.63) is 63.6 Å². The lowest BCUT2D eigenvalue weighted by Gasteiger charge is -2.09. The molecule has 0 aliphatic heterocycles. The molecule has 0 saturated heterocycles. The number of hydrogen-bond acceptors (Lipinski definition) is 2. The van der Waals surface area contributed by atoms with E-state index in [9.17, 15) is 4.79 Å². The summed E-state index contributed by atoms with van der Waals surface area (Å²) in [6.07, 6.45) is 3.56. The van der Waals surface area contributed by atoms with Crippen molar-refractivity contribution in [1.29, 1.82) is 0 Å². The highest BCUT2D eigenvalue weighted by atomic mass is 79.9. The van der Waals surface area contributed by atoms with Gasteiger partial charge in [-0.2, -0.15) is 0 Å². The van der Waals surface area contributed by atoms with Crippen LogP contribution in [0.1, 0.15) is 27.9 Å². The number of carbonyl (C=O) groups is 1. The fourth-order valence-corrected chi connectivity index (χ4v) is 2.94. The monoisotopic (exact) mass is 359 g/mol. The van der Waals surface area contributed by atoms with E-state index >= 15 is 0 Å². The molecule has 3 rings (SSSR count). The van der Waals surface area contributed by atoms with Crippen LogP contribution < -0.4 is 10.1 Å². The SMILES string of the molecule is O=C(NCCOc1ccc2c(c1)CCC2)c1ccc(Br)cc1. The second-order valence-electron chi connectivity index (χ2n) is 5.40. The third-order valence-electron chi connectivity index (χ3n) is 3.83. The van der Waals surface area contributed by atoms with Crippen LogP contribution in [0.15, 0.2) is 46.9 Å². The van der Waals surface area contributed by atoms with Gasteiger partial charge in [-0.15, -0.1) is 0 Å². The van der Waals surface area contributed by atoms with Crippen LogP contribution in [0.4, 0.5) is 0 Å². The van der Waals surface area contributed by atoms with E-state index in [2.05, 4.69) is 33.4 Å². The van der Waals surface area contributed by atoms with Gasteiger partial charge >= 0.3 is 0 Å². The molecule has 0 heterocycles. The van der Waals surface area contributed by atoms with Crippen LogP contribution in [-0.4, -0.2) is 19.1 Å². The van der Waals surface area contributed by atoms with Gasteiger partial charge in [0.25, 0.3) is 5.91 Å². The lowest BCUT2D eigenvalue weighted by molar-refractivity contribution is 0.0947. The highest BCUT2D eigenvalue weighted by Crippen LogP contribution is 2.25. The summed E-state index contributed by atoms with van der Waals surface area (Å²) in [5.74, 6) is 0.809. The van der Waals surface area contributed by atoms with E-state index in [4.69, 9.17) is 4.74 Å². The van der Waals surface area contributed by atoms with Gasteiger partial charge in [0, 0.05) is 10.0 Å². The second kappa shape index (κ2) is 6.97. The molecular weight excluding hydrogens is 342 g/mol. The number of halogens is 1. The van der Waals surface area contributed by atoms with Gasteiger partial charge in [-0.1, -0.05) is 22.0 Å². The van der Waals surface area contributed by atoms with Crippen LogP contribution in [0, 0.1) is 0 Å². The number of aryl methyl sites for hydroxylation is 2. The number of nitrogens with one attached hydrogen (secondary N) is 1. The minimum absolute atomic E-state index is 0.0787. The normalized spacial score (nSPS) is 12.8. The minimum atomic E-state index is -0.0787. The maximum atomic E-state index is 11.9. The maximum Gasteiger partial charge on any atom is 0.251 e. The molecule has 1 N–H and O–H groups in total. The van der Waals surface area contributed by atoms with E-state index in [1.807, 2.05) is 18.2 Å². The Kier molecular flexibility index (Phi) is 4.78. The summed E-state index contributed by atoms with van der Waals surface area (Å²) in [7, 11) is 0. The second-order valence-corrected chi connectivity index (χ2v) is 6.31. The van der Waals surface area contributed by atoms with E-state index in [1.165, 1.54) is 24.0 Å². The van der Waals surface area contributed by atoms with Crippen LogP contribution in [0.2, 0.25) is 0 Å². The van der Waals surface area contributed by atoms with E-state index in [1.54, 1.807) is 12.1 Å². The van der Waals surface area contributed by atoms with Gasteiger partial charge in [0.05, 0.1) is 6.54 Å². The third kappa shape index (κ3) is 3.69. The van der Waals surface area contributed by atoms with Crippen LogP contribution in [0.25, 0.3) is 0 Å². The predicted molar refractivity (Wildman–Crippen MR) is 90.4 cm³/mol. The quantitative estimate of drug-likeness (QED) is 0.825. The molecule has 0 radical (unpaired) electrons. The summed E-state index contributed by atoms with van der Waals surface area (Å²) in [4.78, 5) is 11.9. The van der Waals surface area contributed by atoms with Gasteiger partial charge in [0.1, 0.15) is 12.4 Å². The summed E-state index contributed by atoms with van der Waals surface area (Å²) in [6.45, 7) is 0.965. The largest absolute Gasteiger partial charge is 0.492 e. The van der Waals surface area contributed by atoms with Crippen LogP contribution in [-0.2, 0) is 12.8 Å². The number of rotatable bonds is 5. The number of hydrogen-bond donors (Lipinski definition) is 1. The Morgan fingerprint density at radius 3 is 2.68 bits per heavy atom. The zero-order valence-electron chi connectivity index (χ0n) is 12.3. The van der Waals surface area contributed by atoms with Gasteiger partial charge in [-0.3, -0.25) is 4.79 Å². The first-order valence-corrected chi connectivity index (χ1v) is 8.30. The van der Waals surface area contributed by atoms with Crippen molar-refractivity contribution in [2.45, 2.75) is 19.3 Å². The van der Waals surface area contributed by atoms with E-state index < -0.39 is 0 Å². The summed E-state index contributed by atoms with van der Waals surface area (Å²) in [5.41, 5.74) is 3.49. The highest BCUT2D eigenvalue weighted by Gasteiger charge is 2.11. The molecule has 0 atom stereocenters. The van der Waals surface area contributed by atoms with Crippen LogP contribution >= 0.6 is 15.9 Å². The number of carbonyl (C=O) groups excluding carboxylic acids is 1. The van der Waals surface area contributed by atoms with Crippen molar-refractivity contribution in [2.24, 2.45) is 0 Å². The van der Waals surface area contributed by atoms with Gasteiger partial charge < -0.3 is 10.1 Å². The molecular formula is C18H18BrNO2. The maximum absolute atomic E-state index is 11.9. The molecule has 1 aliphatic rings. The zero-order valence-corrected chi connectivity index (χ0v) is 13.9. The van der Waals surface area contributed by atoms with Crippen molar-refractivity contribution in [3.8, 4) is 5.75 Å². The molecule has 3 nitrogen and oxygen atoms in total. The number of amides is 1. The van der Waals surface area contributed by atoms with Crippen molar-refractivity contribution >= 4 is 21.8 Å². The molecule has 114 valence electrons. The van der Waals surface area contributed by atoms with Gasteiger partial charge in [-0.05, 0) is 66.8 Å². The Morgan fingerprint density at radius 1 is 1.09 bits per heavy atom. The Bertz CT molecular complexity index is 667. The first kappa shape index (κ1) is 15.1. The first-order chi connectivity index (χ1) is 10.7. The summed E-state index contributed by atoms with van der Waals surface area (Å²) in [5, 5.41) is 2.86. The predicted octanol–water partition coefficient (Wildman–Crippen LogP) is 3.75. The molecule has 0 bridgehead atoms. The smallest absolute Gasteiger partial charge is 0.251 e. The average molecular weight is 360 g/mol. The van der Waals surface area contributed by atoms with E-state index in [0.29, 0.717) is 18.7 Å². The van der Waals surface area contributed by atoms with Crippen molar-refractivity contribution in [1.82, 2.24) is 5.32 Å². The Hall–Kier alpha value is -1.81. The number of fused-ring (bicyclic) bond motifs is 1. The Balaban J connectivity index is 1.45. The van der Waals surface area contributed by atoms with E-state index in [-0.39, 0.29) is 5.91 Å². The van der Waals surface area contributed by atoms with Gasteiger partial charge in [0.15, 0.2) is 0 Å². The fraction of sp³-hybridized carbons (Fsp3) is 0.278. The molecule has 2 aromatic rings. The number of ether oxygens (including phenoxy) is 1. The van der Waals surface area contributed by atoms with Crippen molar-refractivity contribution in [3.63, 3.8) is 0 Å². The molecule has 0 saturated carbocycles. The Labute approximate surface area is 138 Å². The summed E-state index contributed by atoms with van der Waals surface area (Å²) in [6, 6.07) is 13.6. The molecule has 22 heavy (non-hydrogen) atoms. The molecule has 4 heteroatoms. The minimum Gasteiger partial charge on any atom is -0.492 e. The fourth-order valence-electron chi connectivity index (χ4n) is 2.67.